The molecule has 3 heterocycles. The molecule has 33 heavy (non-hydrogen) atoms. The molecule has 1 atom stereocenters. The van der Waals surface area contributed by atoms with Crippen molar-refractivity contribution in [1.82, 2.24) is 9.88 Å². The van der Waals surface area contributed by atoms with E-state index in [0.717, 1.165) is 6.07 Å². The Kier molecular flexibility index (Phi) is 5.74. The number of pyridine rings is 1. The van der Waals surface area contributed by atoms with Crippen LogP contribution in [0.5, 0.6) is 0 Å². The molecule has 10 heteroatoms. The molecule has 1 aromatic carbocycles. The maximum atomic E-state index is 13.4. The summed E-state index contributed by atoms with van der Waals surface area (Å²) in [6.07, 6.45) is -0.579. The van der Waals surface area contributed by atoms with Gasteiger partial charge < -0.3 is 15.5 Å². The fourth-order valence-corrected chi connectivity index (χ4v) is 4.97. The first kappa shape index (κ1) is 22.6. The molecule has 2 N–H and O–H groups in total. The van der Waals surface area contributed by atoms with Crippen molar-refractivity contribution in [1.29, 1.82) is 5.26 Å². The number of benzene rings is 1. The molecule has 1 spiro atoms. The first-order chi connectivity index (χ1) is 15.6. The summed E-state index contributed by atoms with van der Waals surface area (Å²) in [6.45, 7) is 1.39. The third-order valence-electron chi connectivity index (χ3n) is 6.76. The minimum absolute atomic E-state index is 0.204. The molecule has 2 aliphatic rings. The molecule has 0 aliphatic carbocycles. The van der Waals surface area contributed by atoms with E-state index in [1.165, 1.54) is 24.5 Å². The number of aromatic nitrogens is 1. The lowest BCUT2D eigenvalue weighted by atomic mass is 9.70. The van der Waals surface area contributed by atoms with Crippen molar-refractivity contribution in [3.05, 3.63) is 59.4 Å². The number of amides is 2. The fourth-order valence-electron chi connectivity index (χ4n) is 4.97. The van der Waals surface area contributed by atoms with Crippen LogP contribution >= 0.6 is 0 Å². The molecule has 7 nitrogen and oxygen atoms in total. The number of likely N-dealkylation sites (tertiary alicyclic amines) is 1. The highest BCUT2D eigenvalue weighted by atomic mass is 19.4. The van der Waals surface area contributed by atoms with Gasteiger partial charge in [-0.25, -0.2) is 0 Å². The largest absolute Gasteiger partial charge is 0.417 e. The van der Waals surface area contributed by atoms with Gasteiger partial charge in [0.2, 0.25) is 5.91 Å². The highest BCUT2D eigenvalue weighted by Gasteiger charge is 2.52. The van der Waals surface area contributed by atoms with Crippen LogP contribution in [0, 0.1) is 22.7 Å². The molecular weight excluding hydrogens is 435 g/mol. The number of alkyl halides is 3. The minimum Gasteiger partial charge on any atom is -0.371 e. The Morgan fingerprint density at radius 3 is 2.39 bits per heavy atom. The predicted molar refractivity (Wildman–Crippen MR) is 113 cm³/mol. The molecule has 2 aromatic rings. The van der Waals surface area contributed by atoms with Gasteiger partial charge in [0.05, 0.1) is 23.1 Å². The van der Waals surface area contributed by atoms with Gasteiger partial charge >= 0.3 is 6.18 Å². The monoisotopic (exact) mass is 457 g/mol. The zero-order valence-corrected chi connectivity index (χ0v) is 17.7. The number of carbonyl (C=O) groups excluding carboxylic acids is 2. The highest BCUT2D eigenvalue weighted by molar-refractivity contribution is 5.95. The van der Waals surface area contributed by atoms with Gasteiger partial charge in [-0.1, -0.05) is 0 Å². The van der Waals surface area contributed by atoms with Crippen molar-refractivity contribution < 1.29 is 22.8 Å². The fraction of sp³-hybridized carbons (Fsp3) is 0.391. The van der Waals surface area contributed by atoms with Gasteiger partial charge in [-0.15, -0.1) is 0 Å². The molecular formula is C23H22F3N5O2. The molecule has 172 valence electrons. The summed E-state index contributed by atoms with van der Waals surface area (Å²) in [5, 5.41) is 9.01. The van der Waals surface area contributed by atoms with E-state index < -0.39 is 34.5 Å². The van der Waals surface area contributed by atoms with Crippen LogP contribution in [-0.4, -0.2) is 47.9 Å². The number of nitriles is 1. The molecule has 0 radical (unpaired) electrons. The van der Waals surface area contributed by atoms with E-state index in [2.05, 4.69) is 4.98 Å². The molecule has 1 unspecified atom stereocenters. The second-order valence-electron chi connectivity index (χ2n) is 8.57. The van der Waals surface area contributed by atoms with Crippen LogP contribution < -0.4 is 10.6 Å². The SMILES string of the molecule is N#Cc1ccc(N2CCC3(CC2)CN(C(=O)c2ccncc2)CC3C(N)=O)cc1C(F)(F)F. The smallest absolute Gasteiger partial charge is 0.371 e. The van der Waals surface area contributed by atoms with Gasteiger partial charge in [-0.3, -0.25) is 14.6 Å². The molecule has 2 saturated heterocycles. The van der Waals surface area contributed by atoms with Gasteiger partial charge in [0, 0.05) is 55.2 Å². The van der Waals surface area contributed by atoms with Crippen molar-refractivity contribution in [3.63, 3.8) is 0 Å². The molecule has 4 rings (SSSR count). The van der Waals surface area contributed by atoms with Crippen LogP contribution in [0.15, 0.2) is 42.7 Å². The van der Waals surface area contributed by atoms with E-state index in [9.17, 15) is 22.8 Å². The zero-order valence-electron chi connectivity index (χ0n) is 17.7. The van der Waals surface area contributed by atoms with Crippen molar-refractivity contribution in [2.75, 3.05) is 31.1 Å². The Hall–Kier alpha value is -3.61. The maximum Gasteiger partial charge on any atom is 0.417 e. The third kappa shape index (κ3) is 4.23. The summed E-state index contributed by atoms with van der Waals surface area (Å²) in [4.78, 5) is 32.5. The Labute approximate surface area is 188 Å². The van der Waals surface area contributed by atoms with Gasteiger partial charge in [0.25, 0.3) is 5.91 Å². The summed E-state index contributed by atoms with van der Waals surface area (Å²) in [5.74, 6) is -1.21. The highest BCUT2D eigenvalue weighted by Crippen LogP contribution is 2.46. The minimum atomic E-state index is -4.63. The average Bonchev–Trinajstić information content (AvgIpc) is 3.18. The van der Waals surface area contributed by atoms with Crippen molar-refractivity contribution in [2.45, 2.75) is 19.0 Å². The topological polar surface area (TPSA) is 103 Å². The molecule has 0 saturated carbocycles. The first-order valence-electron chi connectivity index (χ1n) is 10.5. The quantitative estimate of drug-likeness (QED) is 0.764. The van der Waals surface area contributed by atoms with Gasteiger partial charge in [0.1, 0.15) is 0 Å². The number of carbonyl (C=O) groups is 2. The Morgan fingerprint density at radius 1 is 1.15 bits per heavy atom. The third-order valence-corrected chi connectivity index (χ3v) is 6.76. The average molecular weight is 457 g/mol. The number of hydrogen-bond donors (Lipinski definition) is 1. The van der Waals surface area contributed by atoms with Gasteiger partial charge in [-0.2, -0.15) is 18.4 Å². The van der Waals surface area contributed by atoms with Crippen LogP contribution in [0.1, 0.15) is 34.3 Å². The molecule has 0 bridgehead atoms. The number of anilines is 1. The number of nitrogens with two attached hydrogens (primary N) is 1. The number of piperidine rings is 1. The van der Waals surface area contributed by atoms with E-state index in [1.54, 1.807) is 23.1 Å². The molecule has 2 aliphatic heterocycles. The van der Waals surface area contributed by atoms with Crippen LogP contribution in [0.4, 0.5) is 18.9 Å². The summed E-state index contributed by atoms with van der Waals surface area (Å²) >= 11 is 0. The Balaban J connectivity index is 1.53. The summed E-state index contributed by atoms with van der Waals surface area (Å²) in [5.41, 5.74) is 4.63. The number of halogens is 3. The first-order valence-corrected chi connectivity index (χ1v) is 10.5. The van der Waals surface area contributed by atoms with Crippen LogP contribution in [-0.2, 0) is 11.0 Å². The van der Waals surface area contributed by atoms with Gasteiger partial charge in [-0.05, 0) is 43.2 Å². The standard InChI is InChI=1S/C23H22F3N5O2/c24-23(25,26)18-11-17(2-1-16(18)12-27)30-9-5-22(6-10-30)14-31(13-19(22)20(28)32)21(33)15-3-7-29-8-4-15/h1-4,7-8,11,19H,5-6,9-10,13-14H2,(H2,28,32). The molecule has 1 aromatic heterocycles. The summed E-state index contributed by atoms with van der Waals surface area (Å²) in [7, 11) is 0. The molecule has 2 fully saturated rings. The normalized spacial score (nSPS) is 20.0. The lowest BCUT2D eigenvalue weighted by molar-refractivity contribution is -0.137. The van der Waals surface area contributed by atoms with E-state index in [4.69, 9.17) is 11.0 Å². The van der Waals surface area contributed by atoms with Crippen molar-refractivity contribution in [2.24, 2.45) is 17.1 Å². The van der Waals surface area contributed by atoms with Crippen LogP contribution in [0.3, 0.4) is 0 Å². The lowest BCUT2D eigenvalue weighted by Gasteiger charge is -2.42. The van der Waals surface area contributed by atoms with E-state index in [-0.39, 0.29) is 12.5 Å². The van der Waals surface area contributed by atoms with E-state index in [0.29, 0.717) is 43.7 Å². The van der Waals surface area contributed by atoms with Crippen LogP contribution in [0.2, 0.25) is 0 Å². The van der Waals surface area contributed by atoms with Crippen molar-refractivity contribution >= 4 is 17.5 Å². The number of nitrogens with zero attached hydrogens (tertiary/aromatic N) is 4. The Bertz CT molecular complexity index is 1110. The maximum absolute atomic E-state index is 13.4. The Morgan fingerprint density at radius 2 is 1.82 bits per heavy atom. The number of primary amides is 1. The number of rotatable bonds is 3. The van der Waals surface area contributed by atoms with E-state index >= 15 is 0 Å². The summed E-state index contributed by atoms with van der Waals surface area (Å²) in [6, 6.07) is 8.49. The predicted octanol–water partition coefficient (Wildman–Crippen LogP) is 2.82. The van der Waals surface area contributed by atoms with Gasteiger partial charge in [0.15, 0.2) is 0 Å². The second kappa shape index (κ2) is 8.39. The van der Waals surface area contributed by atoms with E-state index in [1.807, 2.05) is 4.90 Å². The second-order valence-corrected chi connectivity index (χ2v) is 8.57. The summed E-state index contributed by atoms with van der Waals surface area (Å²) < 4.78 is 40.1. The molecule has 2 amide bonds. The lowest BCUT2D eigenvalue weighted by Crippen LogP contribution is -2.47. The number of hydrogen-bond acceptors (Lipinski definition) is 5. The van der Waals surface area contributed by atoms with Crippen molar-refractivity contribution in [3.8, 4) is 6.07 Å². The van der Waals surface area contributed by atoms with Crippen LogP contribution in [0.25, 0.3) is 0 Å². The zero-order chi connectivity index (χ0) is 23.8.